The molecule has 0 spiro atoms. The highest BCUT2D eigenvalue weighted by Crippen LogP contribution is 2.19. The molecule has 1 saturated heterocycles. The molecule has 23 heavy (non-hydrogen) atoms. The summed E-state index contributed by atoms with van der Waals surface area (Å²) in [7, 11) is 1.27. The molecule has 0 bridgehead atoms. The number of benzene rings is 1. The van der Waals surface area contributed by atoms with E-state index in [1.54, 1.807) is 11.8 Å². The molecule has 2 rings (SSSR count). The number of esters is 1. The Kier molecular flexibility index (Phi) is 5.73. The van der Waals surface area contributed by atoms with Crippen LogP contribution < -0.4 is 5.32 Å². The zero-order valence-electron chi connectivity index (χ0n) is 13.5. The highest BCUT2D eigenvalue weighted by molar-refractivity contribution is 5.91. The highest BCUT2D eigenvalue weighted by Gasteiger charge is 2.35. The molecule has 1 N–H and O–H groups in total. The van der Waals surface area contributed by atoms with Crippen molar-refractivity contribution in [3.8, 4) is 0 Å². The molecule has 1 aliphatic rings. The Bertz CT molecular complexity index is 573. The van der Waals surface area contributed by atoms with Gasteiger partial charge < -0.3 is 15.0 Å². The standard InChI is InChI=1S/C17H22N2O4/c1-12(17(22)23-2)18-16(21)14-9-6-10-19(14)15(20)11-13-7-4-3-5-8-13/h3-5,7-8,12,14H,6,9-11H2,1-2H3,(H,18,21)/t12-,14?/m0/s1. The van der Waals surface area contributed by atoms with Crippen LogP contribution in [0, 0.1) is 0 Å². The number of methoxy groups -OCH3 is 1. The molecule has 1 unspecified atom stereocenters. The Morgan fingerprint density at radius 2 is 2.00 bits per heavy atom. The van der Waals surface area contributed by atoms with Gasteiger partial charge in [-0.2, -0.15) is 0 Å². The largest absolute Gasteiger partial charge is 0.467 e. The van der Waals surface area contributed by atoms with Gasteiger partial charge in [0.1, 0.15) is 12.1 Å². The number of rotatable bonds is 5. The van der Waals surface area contributed by atoms with Gasteiger partial charge in [0.15, 0.2) is 0 Å². The number of carbonyl (C=O) groups excluding carboxylic acids is 3. The number of ether oxygens (including phenoxy) is 1. The van der Waals surface area contributed by atoms with Gasteiger partial charge in [0.25, 0.3) is 0 Å². The lowest BCUT2D eigenvalue weighted by molar-refractivity contribution is -0.145. The van der Waals surface area contributed by atoms with Gasteiger partial charge in [-0.25, -0.2) is 4.79 Å². The van der Waals surface area contributed by atoms with Gasteiger partial charge in [0, 0.05) is 6.54 Å². The van der Waals surface area contributed by atoms with Crippen LogP contribution in [0.15, 0.2) is 30.3 Å². The second kappa shape index (κ2) is 7.76. The van der Waals surface area contributed by atoms with Gasteiger partial charge in [-0.3, -0.25) is 9.59 Å². The van der Waals surface area contributed by atoms with E-state index in [9.17, 15) is 14.4 Å². The summed E-state index contributed by atoms with van der Waals surface area (Å²) in [5, 5.41) is 2.61. The predicted octanol–water partition coefficient (Wildman–Crippen LogP) is 0.898. The fraction of sp³-hybridized carbons (Fsp3) is 0.471. The summed E-state index contributed by atoms with van der Waals surface area (Å²) >= 11 is 0. The maximum atomic E-state index is 12.5. The zero-order valence-corrected chi connectivity index (χ0v) is 13.5. The molecule has 6 nitrogen and oxygen atoms in total. The van der Waals surface area contributed by atoms with Crippen molar-refractivity contribution in [2.24, 2.45) is 0 Å². The van der Waals surface area contributed by atoms with Crippen molar-refractivity contribution in [3.05, 3.63) is 35.9 Å². The smallest absolute Gasteiger partial charge is 0.328 e. The van der Waals surface area contributed by atoms with Gasteiger partial charge in [0.05, 0.1) is 13.5 Å². The first-order valence-corrected chi connectivity index (χ1v) is 7.74. The quantitative estimate of drug-likeness (QED) is 0.818. The number of likely N-dealkylation sites (tertiary alicyclic amines) is 1. The third kappa shape index (κ3) is 4.31. The summed E-state index contributed by atoms with van der Waals surface area (Å²) in [4.78, 5) is 37.8. The monoisotopic (exact) mass is 318 g/mol. The molecule has 1 aliphatic heterocycles. The molecule has 124 valence electrons. The summed E-state index contributed by atoms with van der Waals surface area (Å²) < 4.78 is 4.59. The fourth-order valence-electron chi connectivity index (χ4n) is 2.76. The minimum atomic E-state index is -0.723. The van der Waals surface area contributed by atoms with E-state index in [1.807, 2.05) is 30.3 Å². The van der Waals surface area contributed by atoms with E-state index in [2.05, 4.69) is 10.1 Å². The van der Waals surface area contributed by atoms with Crippen molar-refractivity contribution in [1.29, 1.82) is 0 Å². The first kappa shape index (κ1) is 17.0. The first-order valence-electron chi connectivity index (χ1n) is 7.74. The van der Waals surface area contributed by atoms with Gasteiger partial charge in [-0.05, 0) is 25.3 Å². The average Bonchev–Trinajstić information content (AvgIpc) is 3.04. The molecule has 1 fully saturated rings. The van der Waals surface area contributed by atoms with Crippen LogP contribution in [0.3, 0.4) is 0 Å². The Morgan fingerprint density at radius 1 is 1.30 bits per heavy atom. The van der Waals surface area contributed by atoms with Crippen molar-refractivity contribution in [3.63, 3.8) is 0 Å². The minimum Gasteiger partial charge on any atom is -0.467 e. The molecule has 2 atom stereocenters. The van der Waals surface area contributed by atoms with Crippen LogP contribution >= 0.6 is 0 Å². The predicted molar refractivity (Wildman–Crippen MR) is 84.5 cm³/mol. The Morgan fingerprint density at radius 3 is 2.65 bits per heavy atom. The van der Waals surface area contributed by atoms with Crippen molar-refractivity contribution in [1.82, 2.24) is 10.2 Å². The van der Waals surface area contributed by atoms with Crippen molar-refractivity contribution in [2.45, 2.75) is 38.3 Å². The normalized spacial score (nSPS) is 18.3. The van der Waals surface area contributed by atoms with E-state index < -0.39 is 18.1 Å². The van der Waals surface area contributed by atoms with Crippen LogP contribution in [0.25, 0.3) is 0 Å². The second-order valence-electron chi connectivity index (χ2n) is 5.66. The third-order valence-corrected chi connectivity index (χ3v) is 3.99. The number of hydrogen-bond donors (Lipinski definition) is 1. The molecule has 1 aromatic rings. The highest BCUT2D eigenvalue weighted by atomic mass is 16.5. The third-order valence-electron chi connectivity index (χ3n) is 3.99. The van der Waals surface area contributed by atoms with Crippen LogP contribution in [0.1, 0.15) is 25.3 Å². The van der Waals surface area contributed by atoms with Crippen molar-refractivity contribution >= 4 is 17.8 Å². The molecule has 2 amide bonds. The molecule has 0 radical (unpaired) electrons. The van der Waals surface area contributed by atoms with E-state index >= 15 is 0 Å². The topological polar surface area (TPSA) is 75.7 Å². The number of hydrogen-bond acceptors (Lipinski definition) is 4. The van der Waals surface area contributed by atoms with E-state index in [0.717, 1.165) is 12.0 Å². The molecule has 0 saturated carbocycles. The number of nitrogens with zero attached hydrogens (tertiary/aromatic N) is 1. The summed E-state index contributed by atoms with van der Waals surface area (Å²) in [5.41, 5.74) is 0.923. The first-order chi connectivity index (χ1) is 11.0. The summed E-state index contributed by atoms with van der Waals surface area (Å²) in [6, 6.07) is 8.21. The SMILES string of the molecule is COC(=O)[C@H](C)NC(=O)C1CCCN1C(=O)Cc1ccccc1. The number of nitrogens with one attached hydrogen (secondary N) is 1. The Labute approximate surface area is 135 Å². The van der Waals surface area contributed by atoms with E-state index in [1.165, 1.54) is 7.11 Å². The second-order valence-corrected chi connectivity index (χ2v) is 5.66. The lowest BCUT2D eigenvalue weighted by atomic mass is 10.1. The van der Waals surface area contributed by atoms with Crippen LogP contribution in [0.5, 0.6) is 0 Å². The van der Waals surface area contributed by atoms with Crippen molar-refractivity contribution < 1.29 is 19.1 Å². The van der Waals surface area contributed by atoms with E-state index in [-0.39, 0.29) is 18.2 Å². The lowest BCUT2D eigenvalue weighted by Gasteiger charge is -2.25. The van der Waals surface area contributed by atoms with Gasteiger partial charge in [-0.1, -0.05) is 30.3 Å². The van der Waals surface area contributed by atoms with Gasteiger partial charge in [-0.15, -0.1) is 0 Å². The lowest BCUT2D eigenvalue weighted by Crippen LogP contribution is -2.50. The van der Waals surface area contributed by atoms with Gasteiger partial charge >= 0.3 is 5.97 Å². The maximum Gasteiger partial charge on any atom is 0.328 e. The minimum absolute atomic E-state index is 0.0698. The molecule has 6 heteroatoms. The van der Waals surface area contributed by atoms with Crippen LogP contribution in [0.2, 0.25) is 0 Å². The molecular weight excluding hydrogens is 296 g/mol. The van der Waals surface area contributed by atoms with E-state index in [4.69, 9.17) is 0 Å². The molecular formula is C17H22N2O4. The maximum absolute atomic E-state index is 12.5. The zero-order chi connectivity index (χ0) is 16.8. The molecule has 1 aromatic carbocycles. The molecule has 1 heterocycles. The summed E-state index contributed by atoms with van der Waals surface area (Å²) in [6.07, 6.45) is 1.67. The van der Waals surface area contributed by atoms with Crippen LogP contribution in [-0.4, -0.2) is 48.4 Å². The molecule has 0 aliphatic carbocycles. The molecule has 0 aromatic heterocycles. The summed E-state index contributed by atoms with van der Waals surface area (Å²) in [6.45, 7) is 2.13. The number of carbonyl (C=O) groups is 3. The number of amides is 2. The van der Waals surface area contributed by atoms with Gasteiger partial charge in [0.2, 0.25) is 11.8 Å². The Hall–Kier alpha value is -2.37. The fourth-order valence-corrected chi connectivity index (χ4v) is 2.76. The average molecular weight is 318 g/mol. The Balaban J connectivity index is 1.97. The van der Waals surface area contributed by atoms with E-state index in [0.29, 0.717) is 13.0 Å². The van der Waals surface area contributed by atoms with Crippen LogP contribution in [0.4, 0.5) is 0 Å². The van der Waals surface area contributed by atoms with Crippen LogP contribution in [-0.2, 0) is 25.5 Å². The summed E-state index contributed by atoms with van der Waals surface area (Å²) in [5.74, 6) is -0.875. The van der Waals surface area contributed by atoms with Crippen molar-refractivity contribution in [2.75, 3.05) is 13.7 Å².